The fraction of sp³-hybridized carbons (Fsp3) is 0.333. The zero-order valence-corrected chi connectivity index (χ0v) is 16.6. The molecule has 0 bridgehead atoms. The minimum Gasteiger partial charge on any atom is -0.364 e. The molecule has 2 heterocycles. The highest BCUT2D eigenvalue weighted by Crippen LogP contribution is 2.39. The van der Waals surface area contributed by atoms with E-state index in [4.69, 9.17) is 10.7 Å². The molecule has 1 fully saturated rings. The van der Waals surface area contributed by atoms with Gasteiger partial charge in [0.25, 0.3) is 5.91 Å². The molecule has 30 heavy (non-hydrogen) atoms. The van der Waals surface area contributed by atoms with Gasteiger partial charge in [0.15, 0.2) is 0 Å². The van der Waals surface area contributed by atoms with Gasteiger partial charge in [-0.3, -0.25) is 4.79 Å². The van der Waals surface area contributed by atoms with Crippen molar-refractivity contribution in [1.29, 1.82) is 0 Å². The van der Waals surface area contributed by atoms with Crippen molar-refractivity contribution in [3.05, 3.63) is 46.7 Å². The zero-order valence-electron chi connectivity index (χ0n) is 15.8. The molecule has 2 aromatic heterocycles. The maximum atomic E-state index is 13.0. The number of halogens is 3. The maximum Gasteiger partial charge on any atom is 0.433 e. The van der Waals surface area contributed by atoms with E-state index < -0.39 is 23.5 Å². The van der Waals surface area contributed by atoms with Crippen LogP contribution in [0.4, 0.5) is 13.2 Å². The van der Waals surface area contributed by atoms with Crippen LogP contribution in [0.1, 0.15) is 52.8 Å². The summed E-state index contributed by atoms with van der Waals surface area (Å²) in [6.45, 7) is 0. The monoisotopic (exact) mass is 433 g/mol. The van der Waals surface area contributed by atoms with Crippen LogP contribution in [0.5, 0.6) is 0 Å². The number of carbonyl (C=O) groups is 2. The third-order valence-corrected chi connectivity index (χ3v) is 6.63. The van der Waals surface area contributed by atoms with Crippen LogP contribution < -0.4 is 5.73 Å². The molecule has 3 aromatic rings. The molecule has 0 atom stereocenters. The number of aromatic nitrogens is 2. The molecule has 1 amide bonds. The molecule has 0 saturated heterocycles. The van der Waals surface area contributed by atoms with Crippen LogP contribution in [0.2, 0.25) is 0 Å². The third kappa shape index (κ3) is 3.94. The average molecular weight is 433 g/mol. The predicted molar refractivity (Wildman–Crippen MR) is 107 cm³/mol. The summed E-state index contributed by atoms with van der Waals surface area (Å²) in [4.78, 5) is 30.9. The maximum absolute atomic E-state index is 13.0. The summed E-state index contributed by atoms with van der Waals surface area (Å²) in [5.74, 6) is -0.592. The van der Waals surface area contributed by atoms with E-state index in [0.717, 1.165) is 53.3 Å². The summed E-state index contributed by atoms with van der Waals surface area (Å²) in [6.07, 6.45) is -0.115. The van der Waals surface area contributed by atoms with Gasteiger partial charge < -0.3 is 10.5 Å². The number of alkyl halides is 3. The molecule has 0 spiro atoms. The lowest BCUT2D eigenvalue weighted by atomic mass is 9.83. The van der Waals surface area contributed by atoms with Crippen LogP contribution in [-0.2, 0) is 11.0 Å². The van der Waals surface area contributed by atoms with Crippen molar-refractivity contribution in [2.24, 2.45) is 11.7 Å². The molecular formula is C21H18F3N3O2S. The van der Waals surface area contributed by atoms with Gasteiger partial charge >= 0.3 is 6.18 Å². The fourth-order valence-electron chi connectivity index (χ4n) is 3.82. The third-order valence-electron chi connectivity index (χ3n) is 5.45. The number of aldehydes is 1. The number of hydrogen-bond donors (Lipinski definition) is 1. The molecule has 9 heteroatoms. The second-order valence-electron chi connectivity index (χ2n) is 7.44. The van der Waals surface area contributed by atoms with Crippen LogP contribution in [0, 0.1) is 5.92 Å². The summed E-state index contributed by atoms with van der Waals surface area (Å²) in [7, 11) is 0. The van der Waals surface area contributed by atoms with E-state index in [1.54, 1.807) is 18.2 Å². The van der Waals surface area contributed by atoms with Crippen LogP contribution in [0.25, 0.3) is 21.3 Å². The van der Waals surface area contributed by atoms with Crippen molar-refractivity contribution < 1.29 is 22.8 Å². The molecule has 4 rings (SSSR count). The Hall–Kier alpha value is -2.81. The molecule has 156 valence electrons. The SMILES string of the molecule is NC(=O)c1nc(C(F)(F)F)ccc1-c1ccc2nc(C3CCC(C=O)CC3)sc2c1. The van der Waals surface area contributed by atoms with Crippen molar-refractivity contribution in [2.75, 3.05) is 0 Å². The molecule has 1 aliphatic carbocycles. The summed E-state index contributed by atoms with van der Waals surface area (Å²) in [5.41, 5.74) is 5.31. The van der Waals surface area contributed by atoms with Crippen LogP contribution in [0.3, 0.4) is 0 Å². The Labute approximate surface area is 174 Å². The number of amides is 1. The summed E-state index contributed by atoms with van der Waals surface area (Å²) < 4.78 is 39.7. The first-order chi connectivity index (χ1) is 14.3. The van der Waals surface area contributed by atoms with Crippen molar-refractivity contribution in [3.8, 4) is 11.1 Å². The number of carbonyl (C=O) groups excluding carboxylic acids is 2. The Balaban J connectivity index is 1.69. The van der Waals surface area contributed by atoms with Gasteiger partial charge in [0.2, 0.25) is 0 Å². The summed E-state index contributed by atoms with van der Waals surface area (Å²) in [6, 6.07) is 7.34. The quantitative estimate of drug-likeness (QED) is 0.590. The minimum absolute atomic E-state index is 0.127. The Morgan fingerprint density at radius 1 is 1.10 bits per heavy atom. The van der Waals surface area contributed by atoms with Crippen molar-refractivity contribution >= 4 is 33.7 Å². The van der Waals surface area contributed by atoms with Gasteiger partial charge in [-0.1, -0.05) is 6.07 Å². The topological polar surface area (TPSA) is 85.9 Å². The number of thiazole rings is 1. The lowest BCUT2D eigenvalue weighted by molar-refractivity contribution is -0.141. The lowest BCUT2D eigenvalue weighted by Gasteiger charge is -2.23. The largest absolute Gasteiger partial charge is 0.433 e. The van der Waals surface area contributed by atoms with Gasteiger partial charge in [-0.05, 0) is 55.5 Å². The highest BCUT2D eigenvalue weighted by molar-refractivity contribution is 7.18. The number of hydrogen-bond acceptors (Lipinski definition) is 5. The number of pyridine rings is 1. The Kier molecular flexibility index (Phi) is 5.31. The van der Waals surface area contributed by atoms with Crippen LogP contribution in [0.15, 0.2) is 30.3 Å². The average Bonchev–Trinajstić information content (AvgIpc) is 3.16. The second-order valence-corrected chi connectivity index (χ2v) is 8.50. The molecule has 0 unspecified atom stereocenters. The molecule has 0 radical (unpaired) electrons. The first-order valence-electron chi connectivity index (χ1n) is 9.50. The van der Waals surface area contributed by atoms with Crippen LogP contribution in [-0.4, -0.2) is 22.2 Å². The van der Waals surface area contributed by atoms with Crippen molar-refractivity contribution in [2.45, 2.75) is 37.8 Å². The molecule has 1 aliphatic rings. The van der Waals surface area contributed by atoms with E-state index in [0.29, 0.717) is 11.5 Å². The van der Waals surface area contributed by atoms with E-state index >= 15 is 0 Å². The Bertz CT molecular complexity index is 1120. The summed E-state index contributed by atoms with van der Waals surface area (Å²) in [5, 5.41) is 0.993. The number of nitrogens with two attached hydrogens (primary N) is 1. The highest BCUT2D eigenvalue weighted by Gasteiger charge is 2.33. The first-order valence-corrected chi connectivity index (χ1v) is 10.3. The van der Waals surface area contributed by atoms with E-state index in [1.165, 1.54) is 17.4 Å². The Morgan fingerprint density at radius 2 is 1.83 bits per heavy atom. The smallest absolute Gasteiger partial charge is 0.364 e. The Morgan fingerprint density at radius 3 is 2.47 bits per heavy atom. The second kappa shape index (κ2) is 7.79. The van der Waals surface area contributed by atoms with E-state index in [9.17, 15) is 22.8 Å². The standard InChI is InChI=1S/C21H18F3N3O2S/c22-21(23,24)17-8-6-14(18(27-17)19(25)29)13-5-7-15-16(9-13)30-20(26-15)12-3-1-11(10-28)2-4-12/h5-12H,1-4H2,(H2,25,29). The van der Waals surface area contributed by atoms with Gasteiger partial charge in [0, 0.05) is 17.4 Å². The molecule has 1 saturated carbocycles. The highest BCUT2D eigenvalue weighted by atomic mass is 32.1. The molecule has 5 nitrogen and oxygen atoms in total. The van der Waals surface area contributed by atoms with E-state index in [2.05, 4.69) is 4.98 Å². The number of primary amides is 1. The number of fused-ring (bicyclic) bond motifs is 1. The number of benzene rings is 1. The van der Waals surface area contributed by atoms with Gasteiger partial charge in [-0.15, -0.1) is 11.3 Å². The predicted octanol–water partition coefficient (Wildman–Crippen LogP) is 4.95. The minimum atomic E-state index is -4.66. The lowest BCUT2D eigenvalue weighted by Crippen LogP contribution is -2.18. The van der Waals surface area contributed by atoms with Gasteiger partial charge in [-0.25, -0.2) is 9.97 Å². The zero-order chi connectivity index (χ0) is 21.5. The summed E-state index contributed by atoms with van der Waals surface area (Å²) >= 11 is 1.53. The van der Waals surface area contributed by atoms with E-state index in [-0.39, 0.29) is 11.5 Å². The van der Waals surface area contributed by atoms with E-state index in [1.807, 2.05) is 0 Å². The number of nitrogens with zero attached hydrogens (tertiary/aromatic N) is 2. The van der Waals surface area contributed by atoms with Gasteiger partial charge in [0.05, 0.1) is 15.2 Å². The van der Waals surface area contributed by atoms with Crippen molar-refractivity contribution in [3.63, 3.8) is 0 Å². The van der Waals surface area contributed by atoms with Gasteiger partial charge in [0.1, 0.15) is 17.7 Å². The molecule has 0 aliphatic heterocycles. The van der Waals surface area contributed by atoms with Gasteiger partial charge in [-0.2, -0.15) is 13.2 Å². The van der Waals surface area contributed by atoms with Crippen LogP contribution >= 0.6 is 11.3 Å². The van der Waals surface area contributed by atoms with Crippen molar-refractivity contribution in [1.82, 2.24) is 9.97 Å². The molecule has 1 aromatic carbocycles. The normalized spacial score (nSPS) is 19.7. The number of rotatable bonds is 4. The molecule has 2 N–H and O–H groups in total. The fourth-order valence-corrected chi connectivity index (χ4v) is 5.00. The first kappa shape index (κ1) is 20.5. The molecular weight excluding hydrogens is 415 g/mol.